The zero-order valence-electron chi connectivity index (χ0n) is 9.35. The van der Waals surface area contributed by atoms with Gasteiger partial charge in [0.2, 0.25) is 0 Å². The Morgan fingerprint density at radius 2 is 2.18 bits per heavy atom. The molecule has 1 aromatic carbocycles. The molecule has 0 aliphatic carbocycles. The summed E-state index contributed by atoms with van der Waals surface area (Å²) in [6, 6.07) is 7.38. The Kier molecular flexibility index (Phi) is 3.18. The smallest absolute Gasteiger partial charge is 0.187 e. The molecule has 17 heavy (non-hydrogen) atoms. The summed E-state index contributed by atoms with van der Waals surface area (Å²) >= 11 is 0. The van der Waals surface area contributed by atoms with E-state index in [2.05, 4.69) is 9.97 Å². The van der Waals surface area contributed by atoms with Crippen molar-refractivity contribution in [3.63, 3.8) is 0 Å². The van der Waals surface area contributed by atoms with Crippen molar-refractivity contribution in [3.05, 3.63) is 47.7 Å². The monoisotopic (exact) mass is 233 g/mol. The molecule has 88 valence electrons. The van der Waals surface area contributed by atoms with Crippen LogP contribution in [0.3, 0.4) is 0 Å². The molecule has 0 aliphatic rings. The Morgan fingerprint density at radius 1 is 1.35 bits per heavy atom. The van der Waals surface area contributed by atoms with E-state index < -0.39 is 5.82 Å². The molecule has 2 aromatic rings. The summed E-state index contributed by atoms with van der Waals surface area (Å²) in [5, 5.41) is 0. The lowest BCUT2D eigenvalue weighted by atomic mass is 10.1. The number of ether oxygens (including phenoxy) is 1. The fraction of sp³-hybridized carbons (Fsp3) is 0.167. The lowest BCUT2D eigenvalue weighted by Crippen LogP contribution is -2.03. The maximum absolute atomic E-state index is 13.6. The molecule has 0 aliphatic heterocycles. The maximum Gasteiger partial charge on any atom is 0.187 e. The number of anilines is 1. The van der Waals surface area contributed by atoms with E-state index in [4.69, 9.17) is 10.5 Å². The van der Waals surface area contributed by atoms with E-state index >= 15 is 0 Å². The van der Waals surface area contributed by atoms with Gasteiger partial charge in [0.15, 0.2) is 11.6 Å². The third kappa shape index (κ3) is 2.50. The van der Waals surface area contributed by atoms with Gasteiger partial charge in [-0.3, -0.25) is 0 Å². The lowest BCUT2D eigenvalue weighted by molar-refractivity contribution is 0.414. The van der Waals surface area contributed by atoms with Gasteiger partial charge in [-0.1, -0.05) is 12.1 Å². The summed E-state index contributed by atoms with van der Waals surface area (Å²) in [4.78, 5) is 7.46. The van der Waals surface area contributed by atoms with Crippen molar-refractivity contribution in [2.45, 2.75) is 6.42 Å². The van der Waals surface area contributed by atoms with Gasteiger partial charge in [-0.25, -0.2) is 14.4 Å². The van der Waals surface area contributed by atoms with E-state index in [1.165, 1.54) is 6.33 Å². The number of methoxy groups -OCH3 is 1. The van der Waals surface area contributed by atoms with Crippen LogP contribution in [-0.4, -0.2) is 17.1 Å². The standard InChI is InChI=1S/C12H12FN3O/c1-17-9-4-2-3-8(5-9)6-10-11(13)12(14)16-7-15-10/h2-5,7H,6H2,1H3,(H2,14,15,16). The Morgan fingerprint density at radius 3 is 2.94 bits per heavy atom. The molecule has 0 saturated carbocycles. The first-order valence-electron chi connectivity index (χ1n) is 5.08. The van der Waals surface area contributed by atoms with E-state index in [9.17, 15) is 4.39 Å². The van der Waals surface area contributed by atoms with Crippen molar-refractivity contribution < 1.29 is 9.13 Å². The summed E-state index contributed by atoms with van der Waals surface area (Å²) in [5.74, 6) is 0.0400. The van der Waals surface area contributed by atoms with E-state index in [0.29, 0.717) is 6.42 Å². The second-order valence-electron chi connectivity index (χ2n) is 3.55. The number of hydrogen-bond donors (Lipinski definition) is 1. The second-order valence-corrected chi connectivity index (χ2v) is 3.55. The van der Waals surface area contributed by atoms with Crippen LogP contribution < -0.4 is 10.5 Å². The zero-order chi connectivity index (χ0) is 12.3. The zero-order valence-corrected chi connectivity index (χ0v) is 9.35. The van der Waals surface area contributed by atoms with E-state index in [-0.39, 0.29) is 11.5 Å². The van der Waals surface area contributed by atoms with Gasteiger partial charge in [0.05, 0.1) is 12.8 Å². The fourth-order valence-corrected chi connectivity index (χ4v) is 1.52. The summed E-state index contributed by atoms with van der Waals surface area (Å²) in [6.07, 6.45) is 1.61. The molecule has 1 aromatic heterocycles. The predicted octanol–water partition coefficient (Wildman–Crippen LogP) is 1.80. The van der Waals surface area contributed by atoms with Crippen molar-refractivity contribution in [3.8, 4) is 5.75 Å². The third-order valence-corrected chi connectivity index (χ3v) is 2.39. The minimum absolute atomic E-state index is 0.127. The van der Waals surface area contributed by atoms with Crippen LogP contribution in [0.5, 0.6) is 5.75 Å². The first-order chi connectivity index (χ1) is 8.20. The first kappa shape index (κ1) is 11.3. The van der Waals surface area contributed by atoms with Crippen LogP contribution in [0.25, 0.3) is 0 Å². The van der Waals surface area contributed by atoms with Gasteiger partial charge in [-0.05, 0) is 17.7 Å². The minimum Gasteiger partial charge on any atom is -0.497 e. The quantitative estimate of drug-likeness (QED) is 0.878. The Bertz CT molecular complexity index is 531. The molecule has 0 atom stereocenters. The van der Waals surface area contributed by atoms with Crippen molar-refractivity contribution in [2.75, 3.05) is 12.8 Å². The van der Waals surface area contributed by atoms with E-state index in [0.717, 1.165) is 11.3 Å². The number of nitrogens with two attached hydrogens (primary N) is 1. The largest absolute Gasteiger partial charge is 0.497 e. The molecule has 4 nitrogen and oxygen atoms in total. The number of nitrogens with zero attached hydrogens (tertiary/aromatic N) is 2. The molecule has 5 heteroatoms. The topological polar surface area (TPSA) is 61.0 Å². The summed E-state index contributed by atoms with van der Waals surface area (Å²) in [6.45, 7) is 0. The molecular weight excluding hydrogens is 221 g/mol. The SMILES string of the molecule is COc1cccc(Cc2ncnc(N)c2F)c1. The summed E-state index contributed by atoms with van der Waals surface area (Å²) in [7, 11) is 1.59. The highest BCUT2D eigenvalue weighted by Gasteiger charge is 2.09. The summed E-state index contributed by atoms with van der Waals surface area (Å²) in [5.41, 5.74) is 6.57. The molecule has 0 amide bonds. The van der Waals surface area contributed by atoms with Gasteiger partial charge in [0.25, 0.3) is 0 Å². The van der Waals surface area contributed by atoms with Gasteiger partial charge in [-0.2, -0.15) is 0 Å². The van der Waals surface area contributed by atoms with Gasteiger partial charge in [0, 0.05) is 6.42 Å². The average molecular weight is 233 g/mol. The molecule has 2 N–H and O–H groups in total. The van der Waals surface area contributed by atoms with E-state index in [1.807, 2.05) is 24.3 Å². The number of hydrogen-bond acceptors (Lipinski definition) is 4. The molecule has 1 heterocycles. The number of benzene rings is 1. The van der Waals surface area contributed by atoms with Crippen LogP contribution in [0.1, 0.15) is 11.3 Å². The lowest BCUT2D eigenvalue weighted by Gasteiger charge is -2.05. The molecule has 0 fully saturated rings. The highest BCUT2D eigenvalue weighted by Crippen LogP contribution is 2.17. The van der Waals surface area contributed by atoms with Crippen LogP contribution in [0.2, 0.25) is 0 Å². The molecule has 0 bridgehead atoms. The normalized spacial score (nSPS) is 10.2. The van der Waals surface area contributed by atoms with Crippen molar-refractivity contribution in [1.82, 2.24) is 9.97 Å². The van der Waals surface area contributed by atoms with Gasteiger partial charge in [-0.15, -0.1) is 0 Å². The average Bonchev–Trinajstić information content (AvgIpc) is 2.35. The Hall–Kier alpha value is -2.17. The molecule has 0 saturated heterocycles. The Labute approximate surface area is 98.3 Å². The Balaban J connectivity index is 2.28. The highest BCUT2D eigenvalue weighted by atomic mass is 19.1. The number of nitrogen functional groups attached to an aromatic ring is 1. The first-order valence-corrected chi connectivity index (χ1v) is 5.08. The van der Waals surface area contributed by atoms with Crippen LogP contribution >= 0.6 is 0 Å². The molecule has 0 radical (unpaired) electrons. The van der Waals surface area contributed by atoms with Crippen LogP contribution in [0.15, 0.2) is 30.6 Å². The predicted molar refractivity (Wildman–Crippen MR) is 62.2 cm³/mol. The van der Waals surface area contributed by atoms with Crippen molar-refractivity contribution in [2.24, 2.45) is 0 Å². The fourth-order valence-electron chi connectivity index (χ4n) is 1.52. The molecule has 0 unspecified atom stereocenters. The second kappa shape index (κ2) is 4.78. The number of rotatable bonds is 3. The van der Waals surface area contributed by atoms with E-state index in [1.54, 1.807) is 7.11 Å². The number of halogens is 1. The van der Waals surface area contributed by atoms with Crippen molar-refractivity contribution in [1.29, 1.82) is 0 Å². The third-order valence-electron chi connectivity index (χ3n) is 2.39. The number of aromatic nitrogens is 2. The van der Waals surface area contributed by atoms with Gasteiger partial charge >= 0.3 is 0 Å². The van der Waals surface area contributed by atoms with Gasteiger partial charge in [0.1, 0.15) is 12.1 Å². The molecule has 0 spiro atoms. The van der Waals surface area contributed by atoms with Crippen molar-refractivity contribution >= 4 is 5.82 Å². The van der Waals surface area contributed by atoms with Crippen LogP contribution in [0, 0.1) is 5.82 Å². The van der Waals surface area contributed by atoms with Crippen LogP contribution in [-0.2, 0) is 6.42 Å². The summed E-state index contributed by atoms with van der Waals surface area (Å²) < 4.78 is 18.7. The van der Waals surface area contributed by atoms with Gasteiger partial charge < -0.3 is 10.5 Å². The molecule has 2 rings (SSSR count). The highest BCUT2D eigenvalue weighted by molar-refractivity contribution is 5.35. The molecular formula is C12H12FN3O. The van der Waals surface area contributed by atoms with Crippen LogP contribution in [0.4, 0.5) is 10.2 Å². The minimum atomic E-state index is -0.560. The maximum atomic E-state index is 13.6.